The van der Waals surface area contributed by atoms with Crippen molar-refractivity contribution >= 4 is 47.6 Å². The summed E-state index contributed by atoms with van der Waals surface area (Å²) in [6.07, 6.45) is 5.02. The Kier molecular flexibility index (Phi) is 6.91. The number of hydrogen-bond donors (Lipinski definition) is 3. The standard InChI is InChI=1S/C21H26N6O3.H2S/c1-26-8-4-5-13-10-22-19-18(13)20(24-12-23-19)25-14-6-7-17(30-3)15(9-14)27(2)16(11-28)21(26)29;/h6-7,9-10,12,16,28H,4-5,8,11H2,1-3H3,(H2,22,23,24,25);1H2/t16-;/m0./s1. The molecule has 3 N–H and O–H groups in total. The summed E-state index contributed by atoms with van der Waals surface area (Å²) in [4.78, 5) is 28.5. The van der Waals surface area contributed by atoms with Gasteiger partial charge in [0.25, 0.3) is 0 Å². The van der Waals surface area contributed by atoms with E-state index in [1.165, 1.54) is 6.33 Å². The van der Waals surface area contributed by atoms with Crippen molar-refractivity contribution in [1.29, 1.82) is 0 Å². The number of hydrogen-bond acceptors (Lipinski definition) is 7. The van der Waals surface area contributed by atoms with Crippen molar-refractivity contribution in [3.8, 4) is 5.75 Å². The van der Waals surface area contributed by atoms with Crippen LogP contribution in [0.3, 0.4) is 0 Å². The minimum absolute atomic E-state index is 0. The summed E-state index contributed by atoms with van der Waals surface area (Å²) >= 11 is 0. The zero-order valence-electron chi connectivity index (χ0n) is 17.8. The zero-order chi connectivity index (χ0) is 21.3. The minimum Gasteiger partial charge on any atom is -0.495 e. The number of nitrogens with zero attached hydrogens (tertiary/aromatic N) is 4. The molecule has 9 nitrogen and oxygen atoms in total. The monoisotopic (exact) mass is 444 g/mol. The van der Waals surface area contributed by atoms with Crippen LogP contribution in [-0.2, 0) is 11.2 Å². The Labute approximate surface area is 187 Å². The van der Waals surface area contributed by atoms with Gasteiger partial charge in [0.2, 0.25) is 5.91 Å². The SMILES string of the molecule is COc1ccc2cc1N(C)[C@@H](CO)C(=O)N(C)CCCc1c[nH]c3ncnc(c13)N2.S. The molecule has 2 aromatic heterocycles. The van der Waals surface area contributed by atoms with Gasteiger partial charge in [0.15, 0.2) is 0 Å². The second-order valence-corrected chi connectivity index (χ2v) is 7.44. The van der Waals surface area contributed by atoms with E-state index >= 15 is 0 Å². The molecule has 1 atom stereocenters. The van der Waals surface area contributed by atoms with E-state index in [0.717, 1.165) is 40.9 Å². The highest BCUT2D eigenvalue weighted by atomic mass is 32.1. The summed E-state index contributed by atoms with van der Waals surface area (Å²) in [6, 6.07) is 4.90. The number of anilines is 3. The molecule has 2 bridgehead atoms. The third-order valence-corrected chi connectivity index (χ3v) is 5.61. The molecule has 166 valence electrons. The van der Waals surface area contributed by atoms with Gasteiger partial charge in [-0.1, -0.05) is 0 Å². The summed E-state index contributed by atoms with van der Waals surface area (Å²) in [5, 5.41) is 14.3. The Morgan fingerprint density at radius 2 is 2.10 bits per heavy atom. The fourth-order valence-electron chi connectivity index (χ4n) is 3.90. The highest BCUT2D eigenvalue weighted by Crippen LogP contribution is 2.34. The number of nitrogens with one attached hydrogen (secondary N) is 2. The number of carbonyl (C=O) groups is 1. The normalized spacial score (nSPS) is 17.0. The molecule has 1 amide bonds. The largest absolute Gasteiger partial charge is 0.495 e. The molecular formula is C21H28N6O3S. The van der Waals surface area contributed by atoms with Crippen LogP contribution in [0.15, 0.2) is 30.7 Å². The highest BCUT2D eigenvalue weighted by molar-refractivity contribution is 7.59. The van der Waals surface area contributed by atoms with Gasteiger partial charge in [0.05, 0.1) is 24.8 Å². The van der Waals surface area contributed by atoms with Crippen molar-refractivity contribution in [3.63, 3.8) is 0 Å². The Balaban J connectivity index is 0.00000272. The Hall–Kier alpha value is -2.98. The van der Waals surface area contributed by atoms with Crippen molar-refractivity contribution in [2.45, 2.75) is 18.9 Å². The molecule has 1 aliphatic heterocycles. The number of methoxy groups -OCH3 is 1. The number of likely N-dealkylation sites (N-methyl/N-ethyl adjacent to an activating group) is 2. The molecule has 0 saturated carbocycles. The number of carbonyl (C=O) groups excluding carboxylic acids is 1. The fraction of sp³-hybridized carbons (Fsp3) is 0.381. The average Bonchev–Trinajstić information content (AvgIpc) is 3.17. The molecule has 3 aromatic rings. The zero-order valence-corrected chi connectivity index (χ0v) is 18.8. The average molecular weight is 445 g/mol. The van der Waals surface area contributed by atoms with E-state index in [1.54, 1.807) is 31.0 Å². The van der Waals surface area contributed by atoms with Crippen LogP contribution in [0.25, 0.3) is 11.0 Å². The maximum absolute atomic E-state index is 13.0. The summed E-state index contributed by atoms with van der Waals surface area (Å²) in [6.45, 7) is 0.276. The quantitative estimate of drug-likeness (QED) is 0.555. The van der Waals surface area contributed by atoms with Crippen LogP contribution in [-0.4, -0.2) is 71.3 Å². The lowest BCUT2D eigenvalue weighted by molar-refractivity contribution is -0.132. The molecule has 0 fully saturated rings. The van der Waals surface area contributed by atoms with Gasteiger partial charge < -0.3 is 29.9 Å². The van der Waals surface area contributed by atoms with Gasteiger partial charge >= 0.3 is 0 Å². The number of aliphatic hydroxyl groups is 1. The number of benzene rings is 1. The van der Waals surface area contributed by atoms with Crippen molar-refractivity contribution in [2.75, 3.05) is 44.6 Å². The Morgan fingerprint density at radius 3 is 2.84 bits per heavy atom. The molecule has 0 radical (unpaired) electrons. The van der Waals surface area contributed by atoms with Crippen molar-refractivity contribution in [3.05, 3.63) is 36.3 Å². The molecule has 0 unspecified atom stereocenters. The molecule has 3 heterocycles. The number of aromatic nitrogens is 3. The van der Waals surface area contributed by atoms with Gasteiger partial charge in [-0.2, -0.15) is 13.5 Å². The first-order chi connectivity index (χ1) is 14.5. The summed E-state index contributed by atoms with van der Waals surface area (Å²) in [5.41, 5.74) is 3.35. The second kappa shape index (κ2) is 9.44. The number of aryl methyl sites for hydroxylation is 1. The first-order valence-corrected chi connectivity index (χ1v) is 9.88. The second-order valence-electron chi connectivity index (χ2n) is 7.44. The van der Waals surface area contributed by atoms with Gasteiger partial charge in [0.1, 0.15) is 29.6 Å². The number of aromatic amines is 1. The van der Waals surface area contributed by atoms with Crippen LogP contribution < -0.4 is 15.0 Å². The smallest absolute Gasteiger partial charge is 0.247 e. The van der Waals surface area contributed by atoms with E-state index in [-0.39, 0.29) is 26.0 Å². The van der Waals surface area contributed by atoms with E-state index in [0.29, 0.717) is 18.0 Å². The third kappa shape index (κ3) is 4.26. The van der Waals surface area contributed by atoms with Crippen molar-refractivity contribution in [1.82, 2.24) is 19.9 Å². The number of fused-ring (bicyclic) bond motifs is 2. The van der Waals surface area contributed by atoms with Gasteiger partial charge in [0, 0.05) is 32.5 Å². The minimum atomic E-state index is -0.712. The molecule has 0 aliphatic carbocycles. The van der Waals surface area contributed by atoms with Crippen LogP contribution in [0.2, 0.25) is 0 Å². The summed E-state index contributed by atoms with van der Waals surface area (Å²) in [5.74, 6) is 1.19. The molecule has 0 saturated heterocycles. The lowest BCUT2D eigenvalue weighted by atomic mass is 10.1. The molecule has 1 aliphatic rings. The first kappa shape index (κ1) is 22.7. The van der Waals surface area contributed by atoms with E-state index in [1.807, 2.05) is 24.4 Å². The molecule has 10 heteroatoms. The fourth-order valence-corrected chi connectivity index (χ4v) is 3.90. The molecule has 1 aromatic carbocycles. The Morgan fingerprint density at radius 1 is 1.29 bits per heavy atom. The lowest BCUT2D eigenvalue weighted by Crippen LogP contribution is -2.48. The number of amides is 1. The van der Waals surface area contributed by atoms with E-state index in [4.69, 9.17) is 4.74 Å². The molecular weight excluding hydrogens is 416 g/mol. The summed E-state index contributed by atoms with van der Waals surface area (Å²) < 4.78 is 5.51. The van der Waals surface area contributed by atoms with Crippen molar-refractivity contribution < 1.29 is 14.6 Å². The van der Waals surface area contributed by atoms with E-state index in [9.17, 15) is 9.90 Å². The Bertz CT molecular complexity index is 1070. The number of rotatable bonds is 2. The van der Waals surface area contributed by atoms with Gasteiger partial charge in [-0.25, -0.2) is 9.97 Å². The maximum atomic E-state index is 13.0. The number of ether oxygens (including phenoxy) is 1. The van der Waals surface area contributed by atoms with Crippen LogP contribution in [0, 0.1) is 0 Å². The van der Waals surface area contributed by atoms with Gasteiger partial charge in [-0.15, -0.1) is 0 Å². The van der Waals surface area contributed by atoms with Crippen LogP contribution in [0.4, 0.5) is 17.2 Å². The molecule has 4 rings (SSSR count). The van der Waals surface area contributed by atoms with E-state index in [2.05, 4.69) is 20.3 Å². The highest BCUT2D eigenvalue weighted by Gasteiger charge is 2.28. The first-order valence-electron chi connectivity index (χ1n) is 9.88. The lowest BCUT2D eigenvalue weighted by Gasteiger charge is -2.32. The number of aliphatic hydroxyl groups excluding tert-OH is 1. The topological polar surface area (TPSA) is 107 Å². The summed E-state index contributed by atoms with van der Waals surface area (Å²) in [7, 11) is 5.14. The molecule has 31 heavy (non-hydrogen) atoms. The maximum Gasteiger partial charge on any atom is 0.247 e. The predicted octanol–water partition coefficient (Wildman–Crippen LogP) is 2.02. The van der Waals surface area contributed by atoms with E-state index < -0.39 is 6.04 Å². The van der Waals surface area contributed by atoms with Gasteiger partial charge in [-0.05, 0) is 36.6 Å². The molecule has 0 spiro atoms. The van der Waals surface area contributed by atoms with Crippen LogP contribution in [0.5, 0.6) is 5.75 Å². The van der Waals surface area contributed by atoms with Gasteiger partial charge in [-0.3, -0.25) is 4.79 Å². The van der Waals surface area contributed by atoms with Crippen LogP contribution >= 0.6 is 13.5 Å². The van der Waals surface area contributed by atoms with Crippen LogP contribution in [0.1, 0.15) is 12.0 Å². The third-order valence-electron chi connectivity index (χ3n) is 5.61. The predicted molar refractivity (Wildman–Crippen MR) is 126 cm³/mol. The number of H-pyrrole nitrogens is 1. The van der Waals surface area contributed by atoms with Crippen molar-refractivity contribution in [2.24, 2.45) is 0 Å².